The third kappa shape index (κ3) is 2.39. The molecule has 1 unspecified atom stereocenters. The minimum Gasteiger partial charge on any atom is -0.392 e. The smallest absolute Gasteiger partial charge is 0.272 e. The lowest BCUT2D eigenvalue weighted by Gasteiger charge is -2.09. The van der Waals surface area contributed by atoms with Gasteiger partial charge < -0.3 is 5.11 Å². The fraction of sp³-hybridized carbons (Fsp3) is 0.500. The molecule has 1 atom stereocenters. The van der Waals surface area contributed by atoms with Crippen molar-refractivity contribution in [2.75, 3.05) is 0 Å². The van der Waals surface area contributed by atoms with Crippen molar-refractivity contribution in [1.29, 1.82) is 0 Å². The van der Waals surface area contributed by atoms with E-state index < -0.39 is 6.10 Å². The highest BCUT2D eigenvalue weighted by Crippen LogP contribution is 2.35. The second kappa shape index (κ2) is 4.22. The molecule has 4 heteroatoms. The van der Waals surface area contributed by atoms with Crippen LogP contribution in [0.2, 0.25) is 0 Å². The predicted octanol–water partition coefficient (Wildman–Crippen LogP) is 2.22. The molecule has 4 nitrogen and oxygen atoms in total. The van der Waals surface area contributed by atoms with Crippen LogP contribution in [-0.2, 0) is 6.42 Å². The van der Waals surface area contributed by atoms with Gasteiger partial charge >= 0.3 is 0 Å². The maximum absolute atomic E-state index is 10.9. The number of aliphatic hydroxyl groups excluding tert-OH is 1. The Morgan fingerprint density at radius 2 is 2.25 bits per heavy atom. The Morgan fingerprint density at radius 3 is 2.81 bits per heavy atom. The Kier molecular flexibility index (Phi) is 2.92. The molecule has 1 saturated carbocycles. The van der Waals surface area contributed by atoms with Crippen LogP contribution < -0.4 is 0 Å². The van der Waals surface area contributed by atoms with Crippen molar-refractivity contribution in [2.45, 2.75) is 32.3 Å². The van der Waals surface area contributed by atoms with Crippen molar-refractivity contribution >= 4 is 5.69 Å². The van der Waals surface area contributed by atoms with Crippen LogP contribution in [0.3, 0.4) is 0 Å². The van der Waals surface area contributed by atoms with Gasteiger partial charge in [0.25, 0.3) is 5.69 Å². The number of rotatable bonds is 4. The number of benzene rings is 1. The monoisotopic (exact) mass is 221 g/mol. The molecule has 0 amide bonds. The number of nitro benzene ring substituents is 1. The number of nitro groups is 1. The number of hydrogen-bond acceptors (Lipinski definition) is 3. The predicted molar refractivity (Wildman–Crippen MR) is 60.3 cm³/mol. The van der Waals surface area contributed by atoms with Crippen molar-refractivity contribution in [1.82, 2.24) is 0 Å². The summed E-state index contributed by atoms with van der Waals surface area (Å²) in [5.41, 5.74) is 1.63. The molecule has 1 aromatic rings. The van der Waals surface area contributed by atoms with E-state index in [0.717, 1.165) is 18.4 Å². The maximum Gasteiger partial charge on any atom is 0.272 e. The molecular formula is C12H15NO3. The first kappa shape index (κ1) is 11.1. The summed E-state index contributed by atoms with van der Waals surface area (Å²) in [5.74, 6) is 0.348. The Labute approximate surface area is 94.1 Å². The Hall–Kier alpha value is -1.42. The molecule has 1 fully saturated rings. The largest absolute Gasteiger partial charge is 0.392 e. The lowest BCUT2D eigenvalue weighted by Crippen LogP contribution is -2.13. The van der Waals surface area contributed by atoms with Crippen LogP contribution in [0.4, 0.5) is 5.69 Å². The highest BCUT2D eigenvalue weighted by atomic mass is 16.6. The van der Waals surface area contributed by atoms with E-state index in [4.69, 9.17) is 0 Å². The van der Waals surface area contributed by atoms with Gasteiger partial charge in [0, 0.05) is 18.1 Å². The van der Waals surface area contributed by atoms with Crippen LogP contribution in [0.15, 0.2) is 18.2 Å². The number of aryl methyl sites for hydroxylation is 1. The van der Waals surface area contributed by atoms with Gasteiger partial charge in [0.05, 0.1) is 11.0 Å². The second-order valence-electron chi connectivity index (χ2n) is 4.50. The maximum atomic E-state index is 10.9. The van der Waals surface area contributed by atoms with Crippen LogP contribution in [0, 0.1) is 23.0 Å². The standard InChI is InChI=1S/C12H15NO3/c1-8-2-3-10(11(6-8)13(15)16)7-12(14)9-4-5-9/h2-3,6,9,12,14H,4-5,7H2,1H3. The Balaban J connectivity index is 2.21. The van der Waals surface area contributed by atoms with Crippen LogP contribution in [0.25, 0.3) is 0 Å². The zero-order valence-corrected chi connectivity index (χ0v) is 9.22. The highest BCUT2D eigenvalue weighted by Gasteiger charge is 2.31. The molecule has 0 spiro atoms. The SMILES string of the molecule is Cc1ccc(CC(O)C2CC2)c([N+](=O)[O-])c1. The van der Waals surface area contributed by atoms with Crippen molar-refractivity contribution in [3.05, 3.63) is 39.4 Å². The molecule has 1 aliphatic carbocycles. The van der Waals surface area contributed by atoms with E-state index in [1.807, 2.05) is 13.0 Å². The van der Waals surface area contributed by atoms with Crippen molar-refractivity contribution in [3.63, 3.8) is 0 Å². The minimum atomic E-state index is -0.429. The fourth-order valence-electron chi connectivity index (χ4n) is 1.89. The summed E-state index contributed by atoms with van der Waals surface area (Å²) in [4.78, 5) is 10.5. The Bertz CT molecular complexity index is 413. The average Bonchev–Trinajstić information content (AvgIpc) is 3.03. The van der Waals surface area contributed by atoms with Gasteiger partial charge in [0.1, 0.15) is 0 Å². The second-order valence-corrected chi connectivity index (χ2v) is 4.50. The van der Waals surface area contributed by atoms with Crippen molar-refractivity contribution < 1.29 is 10.0 Å². The van der Waals surface area contributed by atoms with E-state index in [0.29, 0.717) is 17.9 Å². The van der Waals surface area contributed by atoms with E-state index in [2.05, 4.69) is 0 Å². The van der Waals surface area contributed by atoms with Gasteiger partial charge in [0.2, 0.25) is 0 Å². The average molecular weight is 221 g/mol. The summed E-state index contributed by atoms with van der Waals surface area (Å²) in [7, 11) is 0. The summed E-state index contributed by atoms with van der Waals surface area (Å²) >= 11 is 0. The lowest BCUT2D eigenvalue weighted by molar-refractivity contribution is -0.385. The molecule has 0 aliphatic heterocycles. The molecule has 16 heavy (non-hydrogen) atoms. The zero-order chi connectivity index (χ0) is 11.7. The first-order chi connectivity index (χ1) is 7.58. The molecule has 0 bridgehead atoms. The van der Waals surface area contributed by atoms with Crippen LogP contribution in [-0.4, -0.2) is 16.1 Å². The summed E-state index contributed by atoms with van der Waals surface area (Å²) in [6.07, 6.45) is 2.05. The molecule has 0 heterocycles. The van der Waals surface area contributed by atoms with Gasteiger partial charge in [-0.05, 0) is 31.2 Å². The molecule has 1 aliphatic rings. The number of nitrogens with zero attached hydrogens (tertiary/aromatic N) is 1. The van der Waals surface area contributed by atoms with Gasteiger partial charge in [-0.25, -0.2) is 0 Å². The molecule has 1 aromatic carbocycles. The highest BCUT2D eigenvalue weighted by molar-refractivity contribution is 5.43. The molecule has 0 aromatic heterocycles. The van der Waals surface area contributed by atoms with Gasteiger partial charge in [-0.1, -0.05) is 12.1 Å². The van der Waals surface area contributed by atoms with E-state index in [1.54, 1.807) is 12.1 Å². The summed E-state index contributed by atoms with van der Waals surface area (Å²) in [5, 5.41) is 20.7. The summed E-state index contributed by atoms with van der Waals surface area (Å²) < 4.78 is 0. The zero-order valence-electron chi connectivity index (χ0n) is 9.22. The van der Waals surface area contributed by atoms with Crippen LogP contribution >= 0.6 is 0 Å². The van der Waals surface area contributed by atoms with Crippen LogP contribution in [0.1, 0.15) is 24.0 Å². The summed E-state index contributed by atoms with van der Waals surface area (Å²) in [6, 6.07) is 5.16. The van der Waals surface area contributed by atoms with E-state index in [-0.39, 0.29) is 10.6 Å². The Morgan fingerprint density at radius 1 is 1.56 bits per heavy atom. The quantitative estimate of drug-likeness (QED) is 0.626. The lowest BCUT2D eigenvalue weighted by atomic mass is 10.0. The van der Waals surface area contributed by atoms with Gasteiger partial charge in [0.15, 0.2) is 0 Å². The summed E-state index contributed by atoms with van der Waals surface area (Å²) in [6.45, 7) is 1.83. The molecule has 1 N–H and O–H groups in total. The minimum absolute atomic E-state index is 0.125. The van der Waals surface area contributed by atoms with Gasteiger partial charge in [-0.15, -0.1) is 0 Å². The van der Waals surface area contributed by atoms with E-state index in [9.17, 15) is 15.2 Å². The number of aliphatic hydroxyl groups is 1. The normalized spacial score (nSPS) is 17.1. The van der Waals surface area contributed by atoms with Crippen molar-refractivity contribution in [3.8, 4) is 0 Å². The van der Waals surface area contributed by atoms with Gasteiger partial charge in [-0.2, -0.15) is 0 Å². The fourth-order valence-corrected chi connectivity index (χ4v) is 1.89. The van der Waals surface area contributed by atoms with E-state index >= 15 is 0 Å². The number of hydrogen-bond donors (Lipinski definition) is 1. The van der Waals surface area contributed by atoms with Crippen LogP contribution in [0.5, 0.6) is 0 Å². The molecule has 2 rings (SSSR count). The van der Waals surface area contributed by atoms with Crippen molar-refractivity contribution in [2.24, 2.45) is 5.92 Å². The molecule has 86 valence electrons. The molecule has 0 radical (unpaired) electrons. The first-order valence-corrected chi connectivity index (χ1v) is 5.50. The molecular weight excluding hydrogens is 206 g/mol. The topological polar surface area (TPSA) is 63.4 Å². The first-order valence-electron chi connectivity index (χ1n) is 5.50. The van der Waals surface area contributed by atoms with Gasteiger partial charge in [-0.3, -0.25) is 10.1 Å². The molecule has 0 saturated heterocycles. The third-order valence-electron chi connectivity index (χ3n) is 3.03. The van der Waals surface area contributed by atoms with E-state index in [1.165, 1.54) is 0 Å². The third-order valence-corrected chi connectivity index (χ3v) is 3.03.